The van der Waals surface area contributed by atoms with Gasteiger partial charge in [-0.2, -0.15) is 8.78 Å². The Bertz CT molecular complexity index is 275. The van der Waals surface area contributed by atoms with Crippen molar-refractivity contribution in [1.29, 1.82) is 0 Å². The van der Waals surface area contributed by atoms with Crippen LogP contribution in [0.4, 0.5) is 8.78 Å². The molecule has 0 saturated heterocycles. The predicted octanol–water partition coefficient (Wildman–Crippen LogP) is 1.66. The van der Waals surface area contributed by atoms with E-state index < -0.39 is 11.8 Å². The van der Waals surface area contributed by atoms with E-state index in [9.17, 15) is 13.6 Å². The predicted molar refractivity (Wildman–Crippen MR) is 30.7 cm³/mol. The number of hydrogen-bond acceptors (Lipinski definition) is 3. The third kappa shape index (κ3) is 1.50. The Morgan fingerprint density at radius 3 is 2.82 bits per heavy atom. The number of isocyanates is 1. The number of nitrogens with zero attached hydrogens (tertiary/aromatic N) is 1. The first-order valence-corrected chi connectivity index (χ1v) is 2.67. The zero-order valence-electron chi connectivity index (χ0n) is 5.25. The molecular formula is C6H3F2NO2. The average molecular weight is 159 g/mol. The molecule has 11 heavy (non-hydrogen) atoms. The van der Waals surface area contributed by atoms with Crippen molar-refractivity contribution in [3.8, 4) is 0 Å². The molecule has 0 spiro atoms. The van der Waals surface area contributed by atoms with E-state index in [2.05, 4.69) is 9.41 Å². The molecule has 0 aliphatic carbocycles. The molecule has 58 valence electrons. The van der Waals surface area contributed by atoms with Crippen molar-refractivity contribution in [2.75, 3.05) is 0 Å². The lowest BCUT2D eigenvalue weighted by Gasteiger charge is -2.02. The summed E-state index contributed by atoms with van der Waals surface area (Å²) in [5, 5.41) is 0. The van der Waals surface area contributed by atoms with Crippen LogP contribution in [-0.4, -0.2) is 6.08 Å². The van der Waals surface area contributed by atoms with E-state index in [-0.39, 0.29) is 0 Å². The molecule has 1 aromatic rings. The highest BCUT2D eigenvalue weighted by Gasteiger charge is 2.34. The van der Waals surface area contributed by atoms with Gasteiger partial charge in [-0.05, 0) is 12.1 Å². The zero-order valence-corrected chi connectivity index (χ0v) is 5.25. The number of aliphatic imine (C=N–C) groups is 1. The largest absolute Gasteiger partial charge is 0.461 e. The fourth-order valence-electron chi connectivity index (χ4n) is 0.562. The first kappa shape index (κ1) is 7.63. The summed E-state index contributed by atoms with van der Waals surface area (Å²) in [6, 6.07) is -1.28. The number of carbonyl (C=O) groups excluding carboxylic acids is 1. The quantitative estimate of drug-likeness (QED) is 0.374. The van der Waals surface area contributed by atoms with E-state index in [1.807, 2.05) is 0 Å². The van der Waals surface area contributed by atoms with Gasteiger partial charge in [0.25, 0.3) is 0 Å². The van der Waals surface area contributed by atoms with Gasteiger partial charge in [0.1, 0.15) is 0 Å². The van der Waals surface area contributed by atoms with E-state index in [0.29, 0.717) is 0 Å². The van der Waals surface area contributed by atoms with Gasteiger partial charge in [-0.3, -0.25) is 0 Å². The number of hydrogen-bond donors (Lipinski definition) is 0. The van der Waals surface area contributed by atoms with Gasteiger partial charge in [0.15, 0.2) is 5.76 Å². The van der Waals surface area contributed by atoms with Crippen LogP contribution in [0.1, 0.15) is 5.76 Å². The van der Waals surface area contributed by atoms with Gasteiger partial charge in [-0.1, -0.05) is 0 Å². The summed E-state index contributed by atoms with van der Waals surface area (Å²) in [5.74, 6) is -0.666. The van der Waals surface area contributed by atoms with Crippen LogP contribution in [0.2, 0.25) is 0 Å². The van der Waals surface area contributed by atoms with E-state index in [1.165, 1.54) is 6.07 Å². The molecule has 0 atom stereocenters. The summed E-state index contributed by atoms with van der Waals surface area (Å²) in [6.45, 7) is 0. The van der Waals surface area contributed by atoms with E-state index >= 15 is 0 Å². The van der Waals surface area contributed by atoms with Crippen LogP contribution in [0, 0.1) is 0 Å². The summed E-state index contributed by atoms with van der Waals surface area (Å²) in [7, 11) is 0. The zero-order chi connectivity index (χ0) is 8.32. The highest BCUT2D eigenvalue weighted by Crippen LogP contribution is 2.28. The maximum Gasteiger partial charge on any atom is 0.410 e. The monoisotopic (exact) mass is 159 g/mol. The second kappa shape index (κ2) is 2.64. The van der Waals surface area contributed by atoms with E-state index in [1.54, 1.807) is 0 Å². The maximum atomic E-state index is 12.5. The molecule has 1 rings (SSSR count). The highest BCUT2D eigenvalue weighted by molar-refractivity contribution is 5.34. The SMILES string of the molecule is O=C=NC(F)(F)c1ccco1. The molecule has 0 aliphatic heterocycles. The molecule has 0 bridgehead atoms. The van der Waals surface area contributed by atoms with Gasteiger partial charge in [0.2, 0.25) is 6.08 Å². The number of rotatable bonds is 2. The van der Waals surface area contributed by atoms with Crippen molar-refractivity contribution in [2.45, 2.75) is 6.05 Å². The molecule has 1 aromatic heterocycles. The Balaban J connectivity index is 2.99. The fraction of sp³-hybridized carbons (Fsp3) is 0.167. The minimum absolute atomic E-state index is 0.666. The van der Waals surface area contributed by atoms with Crippen LogP contribution < -0.4 is 0 Å². The molecule has 0 N–H and O–H groups in total. The van der Waals surface area contributed by atoms with Crippen LogP contribution in [-0.2, 0) is 10.8 Å². The van der Waals surface area contributed by atoms with Gasteiger partial charge in [0.05, 0.1) is 6.26 Å². The lowest BCUT2D eigenvalue weighted by atomic mass is 10.4. The minimum Gasteiger partial charge on any atom is -0.461 e. The second-order valence-corrected chi connectivity index (χ2v) is 1.72. The van der Waals surface area contributed by atoms with Crippen molar-refractivity contribution in [2.24, 2.45) is 4.99 Å². The van der Waals surface area contributed by atoms with E-state index in [0.717, 1.165) is 18.4 Å². The Morgan fingerprint density at radius 1 is 1.64 bits per heavy atom. The highest BCUT2D eigenvalue weighted by atomic mass is 19.3. The number of furan rings is 1. The standard InChI is InChI=1S/C6H3F2NO2/c7-6(8,9-4-10)5-2-1-3-11-5/h1-3H. The van der Waals surface area contributed by atoms with Crippen LogP contribution in [0.25, 0.3) is 0 Å². The molecule has 0 saturated carbocycles. The third-order valence-corrected chi connectivity index (χ3v) is 1.00. The Labute approximate surface area is 60.3 Å². The smallest absolute Gasteiger partial charge is 0.410 e. The van der Waals surface area contributed by atoms with Gasteiger partial charge in [0, 0.05) is 0 Å². The van der Waals surface area contributed by atoms with Crippen LogP contribution in [0.15, 0.2) is 27.8 Å². The molecule has 0 aromatic carbocycles. The number of alkyl halides is 2. The third-order valence-electron chi connectivity index (χ3n) is 1.00. The topological polar surface area (TPSA) is 42.6 Å². The van der Waals surface area contributed by atoms with Gasteiger partial charge < -0.3 is 4.42 Å². The Hall–Kier alpha value is -1.48. The summed E-state index contributed by atoms with van der Waals surface area (Å²) in [6.07, 6.45) is 1.83. The maximum absolute atomic E-state index is 12.5. The first-order chi connectivity index (χ1) is 5.17. The van der Waals surface area contributed by atoms with Crippen molar-refractivity contribution in [3.05, 3.63) is 24.2 Å². The van der Waals surface area contributed by atoms with Crippen molar-refractivity contribution < 1.29 is 18.0 Å². The summed E-state index contributed by atoms with van der Waals surface area (Å²) >= 11 is 0. The first-order valence-electron chi connectivity index (χ1n) is 2.67. The Kier molecular flexibility index (Phi) is 1.83. The second-order valence-electron chi connectivity index (χ2n) is 1.72. The Morgan fingerprint density at radius 2 is 2.36 bits per heavy atom. The summed E-state index contributed by atoms with van der Waals surface area (Å²) in [5.41, 5.74) is 0. The molecule has 0 unspecified atom stereocenters. The fourth-order valence-corrected chi connectivity index (χ4v) is 0.562. The summed E-state index contributed by atoms with van der Waals surface area (Å²) < 4.78 is 29.3. The molecule has 0 fully saturated rings. The molecule has 0 amide bonds. The van der Waals surface area contributed by atoms with Crippen LogP contribution >= 0.6 is 0 Å². The summed E-state index contributed by atoms with van der Waals surface area (Å²) in [4.78, 5) is 11.8. The number of halogens is 2. The normalized spacial score (nSPS) is 10.7. The van der Waals surface area contributed by atoms with Crippen molar-refractivity contribution in [1.82, 2.24) is 0 Å². The molecular weight excluding hydrogens is 156 g/mol. The molecule has 1 heterocycles. The lowest BCUT2D eigenvalue weighted by Crippen LogP contribution is -2.07. The van der Waals surface area contributed by atoms with Gasteiger partial charge >= 0.3 is 6.05 Å². The van der Waals surface area contributed by atoms with Gasteiger partial charge in [-0.15, -0.1) is 4.99 Å². The lowest BCUT2D eigenvalue weighted by molar-refractivity contribution is -0.0159. The van der Waals surface area contributed by atoms with E-state index in [4.69, 9.17) is 0 Å². The van der Waals surface area contributed by atoms with Crippen molar-refractivity contribution in [3.63, 3.8) is 0 Å². The molecule has 5 heteroatoms. The van der Waals surface area contributed by atoms with Crippen molar-refractivity contribution >= 4 is 6.08 Å². The van der Waals surface area contributed by atoms with Crippen LogP contribution in [0.3, 0.4) is 0 Å². The van der Waals surface area contributed by atoms with Crippen LogP contribution in [0.5, 0.6) is 0 Å². The average Bonchev–Trinajstić information content (AvgIpc) is 2.37. The molecule has 0 radical (unpaired) electrons. The van der Waals surface area contributed by atoms with Gasteiger partial charge in [-0.25, -0.2) is 4.79 Å². The minimum atomic E-state index is -3.59. The molecule has 0 aliphatic rings. The molecule has 3 nitrogen and oxygen atoms in total.